The van der Waals surface area contributed by atoms with E-state index >= 15 is 0 Å². The minimum Gasteiger partial charge on any atom is -0.489 e. The van der Waals surface area contributed by atoms with Gasteiger partial charge in [0.05, 0.1) is 4.90 Å². The summed E-state index contributed by atoms with van der Waals surface area (Å²) in [5, 5.41) is 2.76. The van der Waals surface area contributed by atoms with Gasteiger partial charge >= 0.3 is 0 Å². The normalized spacial score (nSPS) is 11.1. The van der Waals surface area contributed by atoms with Gasteiger partial charge in [-0.15, -0.1) is 0 Å². The van der Waals surface area contributed by atoms with Crippen molar-refractivity contribution in [3.05, 3.63) is 95.3 Å². The number of amides is 1. The Bertz CT molecular complexity index is 1110. The van der Waals surface area contributed by atoms with Gasteiger partial charge in [0.1, 0.15) is 18.2 Å². The zero-order valence-electron chi connectivity index (χ0n) is 16.3. The molecule has 156 valence electrons. The molecule has 0 radical (unpaired) electrons. The van der Waals surface area contributed by atoms with Gasteiger partial charge in [0.2, 0.25) is 10.0 Å². The van der Waals surface area contributed by atoms with E-state index in [4.69, 9.17) is 4.74 Å². The molecule has 0 saturated carbocycles. The summed E-state index contributed by atoms with van der Waals surface area (Å²) in [4.78, 5) is 12.4. The van der Waals surface area contributed by atoms with Crippen molar-refractivity contribution in [2.45, 2.75) is 18.0 Å². The molecular formula is C22H21FN2O4S. The number of halogens is 1. The summed E-state index contributed by atoms with van der Waals surface area (Å²) in [5.74, 6) is -0.0142. The lowest BCUT2D eigenvalue weighted by Gasteiger charge is -2.09. The molecule has 0 aliphatic rings. The van der Waals surface area contributed by atoms with Gasteiger partial charge in [-0.05, 0) is 60.6 Å². The molecule has 0 atom stereocenters. The van der Waals surface area contributed by atoms with Crippen LogP contribution in [0.5, 0.6) is 5.75 Å². The number of ether oxygens (including phenoxy) is 1. The molecule has 30 heavy (non-hydrogen) atoms. The van der Waals surface area contributed by atoms with E-state index in [-0.39, 0.29) is 28.7 Å². The van der Waals surface area contributed by atoms with Crippen LogP contribution in [0.3, 0.4) is 0 Å². The van der Waals surface area contributed by atoms with Crippen molar-refractivity contribution >= 4 is 15.9 Å². The second-order valence-electron chi connectivity index (χ2n) is 6.48. The molecule has 6 nitrogen and oxygen atoms in total. The monoisotopic (exact) mass is 428 g/mol. The second-order valence-corrected chi connectivity index (χ2v) is 8.36. The minimum atomic E-state index is -3.62. The molecule has 0 unspecified atom stereocenters. The predicted molar refractivity (Wildman–Crippen MR) is 111 cm³/mol. The SMILES string of the molecule is CNS(=O)(=O)c1cccc(C(=O)NCc2ccc(OCc3ccc(F)cc3)cc2)c1. The predicted octanol–water partition coefficient (Wildman–Crippen LogP) is 3.24. The molecule has 8 heteroatoms. The highest BCUT2D eigenvalue weighted by Crippen LogP contribution is 2.15. The number of rotatable bonds is 8. The standard InChI is InChI=1S/C22H21FN2O4S/c1-24-30(27,28)21-4-2-3-18(13-21)22(26)25-14-16-7-11-20(12-8-16)29-15-17-5-9-19(23)10-6-17/h2-13,24H,14-15H2,1H3,(H,25,26). The highest BCUT2D eigenvalue weighted by Gasteiger charge is 2.14. The van der Waals surface area contributed by atoms with Gasteiger partial charge in [-0.2, -0.15) is 0 Å². The molecule has 0 aliphatic carbocycles. The molecule has 0 spiro atoms. The van der Waals surface area contributed by atoms with Gasteiger partial charge in [0, 0.05) is 12.1 Å². The van der Waals surface area contributed by atoms with Gasteiger partial charge < -0.3 is 10.1 Å². The summed E-state index contributed by atoms with van der Waals surface area (Å²) in [7, 11) is -2.30. The molecule has 0 aliphatic heterocycles. The molecule has 1 amide bonds. The van der Waals surface area contributed by atoms with Crippen LogP contribution in [-0.4, -0.2) is 21.4 Å². The van der Waals surface area contributed by atoms with E-state index in [0.29, 0.717) is 12.4 Å². The van der Waals surface area contributed by atoms with Crippen molar-refractivity contribution < 1.29 is 22.3 Å². The molecule has 0 fully saturated rings. The highest BCUT2D eigenvalue weighted by molar-refractivity contribution is 7.89. The molecule has 3 aromatic rings. The fourth-order valence-electron chi connectivity index (χ4n) is 2.66. The van der Waals surface area contributed by atoms with Crippen LogP contribution in [0.2, 0.25) is 0 Å². The largest absolute Gasteiger partial charge is 0.489 e. The third-order valence-electron chi connectivity index (χ3n) is 4.37. The van der Waals surface area contributed by atoms with Crippen molar-refractivity contribution in [3.63, 3.8) is 0 Å². The Morgan fingerprint density at radius 3 is 2.30 bits per heavy atom. The van der Waals surface area contributed by atoms with Crippen molar-refractivity contribution in [1.29, 1.82) is 0 Å². The minimum absolute atomic E-state index is 0.0281. The maximum Gasteiger partial charge on any atom is 0.251 e. The lowest BCUT2D eigenvalue weighted by atomic mass is 10.2. The Kier molecular flexibility index (Phi) is 6.81. The van der Waals surface area contributed by atoms with E-state index < -0.39 is 10.0 Å². The smallest absolute Gasteiger partial charge is 0.251 e. The van der Waals surface area contributed by atoms with Gasteiger partial charge in [-0.1, -0.05) is 30.3 Å². The van der Waals surface area contributed by atoms with Gasteiger partial charge in [-0.3, -0.25) is 4.79 Å². The maximum absolute atomic E-state index is 12.9. The van der Waals surface area contributed by atoms with Crippen LogP contribution in [0.15, 0.2) is 77.7 Å². The number of carbonyl (C=O) groups is 1. The third-order valence-corrected chi connectivity index (χ3v) is 5.78. The number of nitrogens with one attached hydrogen (secondary N) is 2. The van der Waals surface area contributed by atoms with Crippen LogP contribution in [-0.2, 0) is 23.2 Å². The quantitative estimate of drug-likeness (QED) is 0.577. The Labute approximate surface area is 174 Å². The molecule has 2 N–H and O–H groups in total. The van der Waals surface area contributed by atoms with E-state index in [1.165, 1.54) is 37.4 Å². The van der Waals surface area contributed by atoms with E-state index in [1.54, 1.807) is 30.3 Å². The van der Waals surface area contributed by atoms with Crippen molar-refractivity contribution in [2.75, 3.05) is 7.05 Å². The van der Waals surface area contributed by atoms with Crippen molar-refractivity contribution in [2.24, 2.45) is 0 Å². The van der Waals surface area contributed by atoms with E-state index in [9.17, 15) is 17.6 Å². The lowest BCUT2D eigenvalue weighted by molar-refractivity contribution is 0.0950. The lowest BCUT2D eigenvalue weighted by Crippen LogP contribution is -2.24. The Morgan fingerprint density at radius 1 is 0.967 bits per heavy atom. The van der Waals surface area contributed by atoms with Crippen molar-refractivity contribution in [1.82, 2.24) is 10.0 Å². The fourth-order valence-corrected chi connectivity index (χ4v) is 3.43. The fraction of sp³-hybridized carbons (Fsp3) is 0.136. The van der Waals surface area contributed by atoms with Crippen LogP contribution in [0.25, 0.3) is 0 Å². The molecule has 0 heterocycles. The first-order chi connectivity index (χ1) is 14.4. The maximum atomic E-state index is 12.9. The first-order valence-electron chi connectivity index (χ1n) is 9.15. The molecule has 0 saturated heterocycles. The number of carbonyl (C=O) groups excluding carboxylic acids is 1. The van der Waals surface area contributed by atoms with Crippen LogP contribution >= 0.6 is 0 Å². The van der Waals surface area contributed by atoms with Crippen LogP contribution in [0.4, 0.5) is 4.39 Å². The first-order valence-corrected chi connectivity index (χ1v) is 10.6. The average molecular weight is 428 g/mol. The van der Waals surface area contributed by atoms with E-state index in [0.717, 1.165) is 11.1 Å². The molecule has 0 bridgehead atoms. The van der Waals surface area contributed by atoms with Gasteiger partial charge in [0.15, 0.2) is 0 Å². The summed E-state index contributed by atoms with van der Waals surface area (Å²) in [6.45, 7) is 0.600. The highest BCUT2D eigenvalue weighted by atomic mass is 32.2. The number of benzene rings is 3. The third kappa shape index (κ3) is 5.65. The van der Waals surface area contributed by atoms with Gasteiger partial charge in [-0.25, -0.2) is 17.5 Å². The molecule has 3 aromatic carbocycles. The second kappa shape index (κ2) is 9.51. The summed E-state index contributed by atoms with van der Waals surface area (Å²) >= 11 is 0. The van der Waals surface area contributed by atoms with Crippen molar-refractivity contribution in [3.8, 4) is 5.75 Å². The number of hydrogen-bond acceptors (Lipinski definition) is 4. The molecule has 0 aromatic heterocycles. The zero-order chi connectivity index (χ0) is 21.6. The summed E-state index contributed by atoms with van der Waals surface area (Å²) < 4.78 is 44.6. The average Bonchev–Trinajstić information content (AvgIpc) is 2.78. The summed E-state index contributed by atoms with van der Waals surface area (Å²) in [5.41, 5.74) is 1.97. The van der Waals surface area contributed by atoms with E-state index in [1.807, 2.05) is 12.1 Å². The topological polar surface area (TPSA) is 84.5 Å². The van der Waals surface area contributed by atoms with Crippen LogP contribution in [0, 0.1) is 5.82 Å². The Balaban J connectivity index is 1.55. The Hall–Kier alpha value is -3.23. The summed E-state index contributed by atoms with van der Waals surface area (Å²) in [6, 6.07) is 19.1. The van der Waals surface area contributed by atoms with Crippen LogP contribution < -0.4 is 14.8 Å². The first kappa shape index (κ1) is 21.5. The van der Waals surface area contributed by atoms with Crippen LogP contribution in [0.1, 0.15) is 21.5 Å². The Morgan fingerprint density at radius 2 is 1.63 bits per heavy atom. The summed E-state index contributed by atoms with van der Waals surface area (Å²) in [6.07, 6.45) is 0. The van der Waals surface area contributed by atoms with E-state index in [2.05, 4.69) is 10.0 Å². The molecule has 3 rings (SSSR count). The number of sulfonamides is 1. The number of hydrogen-bond donors (Lipinski definition) is 2. The molecular weight excluding hydrogens is 407 g/mol. The zero-order valence-corrected chi connectivity index (χ0v) is 17.1. The van der Waals surface area contributed by atoms with Gasteiger partial charge in [0.25, 0.3) is 5.91 Å².